The third-order valence-electron chi connectivity index (χ3n) is 3.70. The molecule has 0 fully saturated rings. The topological polar surface area (TPSA) is 111 Å². The van der Waals surface area contributed by atoms with E-state index in [2.05, 4.69) is 9.47 Å². The van der Waals surface area contributed by atoms with Gasteiger partial charge in [-0.1, -0.05) is 11.6 Å². The summed E-state index contributed by atoms with van der Waals surface area (Å²) in [7, 11) is 3.77. The first-order valence-corrected chi connectivity index (χ1v) is 8.60. The number of hydrogen-bond donors (Lipinski definition) is 0. The molecule has 29 heavy (non-hydrogen) atoms. The monoisotopic (exact) mass is 447 g/mol. The Morgan fingerprint density at radius 3 is 2.24 bits per heavy atom. The Balaban J connectivity index is 2.40. The second-order valence-electron chi connectivity index (χ2n) is 5.56. The SMILES string of the molecule is COC(=O)COC(=O)COc1cc(-n2c(=O)n(C)c(=S)n(C)c2=O)c(F)cc1Cl. The number of benzene rings is 1. The molecule has 0 unspecified atom stereocenters. The van der Waals surface area contributed by atoms with Crippen LogP contribution in [0.1, 0.15) is 0 Å². The number of hydrogen-bond acceptors (Lipinski definition) is 8. The van der Waals surface area contributed by atoms with Crippen LogP contribution in [0.4, 0.5) is 4.39 Å². The highest BCUT2D eigenvalue weighted by atomic mass is 35.5. The molecule has 2 rings (SSSR count). The second-order valence-corrected chi connectivity index (χ2v) is 6.33. The quantitative estimate of drug-likeness (QED) is 0.465. The number of methoxy groups -OCH3 is 1. The standard InChI is InChI=1S/C16H15ClFN3O7S/c1-19-14(24)21(15(25)20(2)16(19)29)10-5-11(8(17)4-9(10)18)27-7-13(23)28-6-12(22)26-3/h4-5H,6-7H2,1-3H3. The van der Waals surface area contributed by atoms with Crippen molar-refractivity contribution in [2.45, 2.75) is 0 Å². The third kappa shape index (κ3) is 4.71. The molecule has 0 aliphatic carbocycles. The minimum atomic E-state index is -0.980. The van der Waals surface area contributed by atoms with Gasteiger partial charge in [-0.15, -0.1) is 0 Å². The maximum Gasteiger partial charge on any atom is 0.344 e. The molecule has 1 aromatic heterocycles. The first kappa shape index (κ1) is 22.3. The van der Waals surface area contributed by atoms with E-state index in [1.54, 1.807) is 0 Å². The first-order valence-electron chi connectivity index (χ1n) is 7.82. The molecule has 10 nitrogen and oxygen atoms in total. The van der Waals surface area contributed by atoms with Gasteiger partial charge in [0.05, 0.1) is 17.8 Å². The molecule has 0 spiro atoms. The molecule has 2 aromatic rings. The molecule has 0 N–H and O–H groups in total. The highest BCUT2D eigenvalue weighted by Crippen LogP contribution is 2.29. The molecule has 0 aliphatic heterocycles. The molecule has 1 aromatic carbocycles. The van der Waals surface area contributed by atoms with Crippen LogP contribution in [0.25, 0.3) is 5.69 Å². The lowest BCUT2D eigenvalue weighted by molar-refractivity contribution is -0.158. The van der Waals surface area contributed by atoms with Crippen molar-refractivity contribution in [3.63, 3.8) is 0 Å². The summed E-state index contributed by atoms with van der Waals surface area (Å²) in [5.74, 6) is -2.87. The van der Waals surface area contributed by atoms with Gasteiger partial charge in [-0.2, -0.15) is 0 Å². The van der Waals surface area contributed by atoms with Crippen molar-refractivity contribution in [1.82, 2.24) is 13.7 Å². The molecule has 156 valence electrons. The van der Waals surface area contributed by atoms with E-state index in [0.717, 1.165) is 28.4 Å². The van der Waals surface area contributed by atoms with Gasteiger partial charge >= 0.3 is 23.3 Å². The summed E-state index contributed by atoms with van der Waals surface area (Å²) in [5, 5.41) is -0.221. The summed E-state index contributed by atoms with van der Waals surface area (Å²) in [6.45, 7) is -1.29. The molecular weight excluding hydrogens is 433 g/mol. The lowest BCUT2D eigenvalue weighted by Crippen LogP contribution is -2.43. The minimum Gasteiger partial charge on any atom is -0.480 e. The van der Waals surface area contributed by atoms with Crippen molar-refractivity contribution >= 4 is 35.8 Å². The van der Waals surface area contributed by atoms with Gasteiger partial charge in [-0.3, -0.25) is 9.13 Å². The molecule has 0 radical (unpaired) electrons. The lowest BCUT2D eigenvalue weighted by Gasteiger charge is -2.13. The average Bonchev–Trinajstić information content (AvgIpc) is 2.69. The normalized spacial score (nSPS) is 10.5. The van der Waals surface area contributed by atoms with Crippen molar-refractivity contribution in [3.05, 3.63) is 48.7 Å². The summed E-state index contributed by atoms with van der Waals surface area (Å²) in [6, 6.07) is 1.80. The molecule has 0 atom stereocenters. The molecule has 0 amide bonds. The van der Waals surface area contributed by atoms with Crippen molar-refractivity contribution < 1.29 is 28.2 Å². The van der Waals surface area contributed by atoms with Crippen LogP contribution in [0, 0.1) is 10.6 Å². The fraction of sp³-hybridized carbons (Fsp3) is 0.312. The first-order chi connectivity index (χ1) is 13.6. The van der Waals surface area contributed by atoms with Crippen LogP contribution < -0.4 is 16.1 Å². The van der Waals surface area contributed by atoms with Gasteiger partial charge in [-0.05, 0) is 18.3 Å². The predicted molar refractivity (Wildman–Crippen MR) is 101 cm³/mol. The Morgan fingerprint density at radius 1 is 1.10 bits per heavy atom. The van der Waals surface area contributed by atoms with E-state index in [4.69, 9.17) is 28.6 Å². The van der Waals surface area contributed by atoms with Crippen molar-refractivity contribution in [1.29, 1.82) is 0 Å². The summed E-state index contributed by atoms with van der Waals surface area (Å²) in [6.07, 6.45) is 0. The van der Waals surface area contributed by atoms with Crippen molar-refractivity contribution in [2.24, 2.45) is 14.1 Å². The Labute approximate surface area is 172 Å². The van der Waals surface area contributed by atoms with Crippen LogP contribution >= 0.6 is 23.8 Å². The average molecular weight is 448 g/mol. The van der Waals surface area contributed by atoms with E-state index in [0.29, 0.717) is 4.57 Å². The van der Waals surface area contributed by atoms with E-state index < -0.39 is 48.0 Å². The van der Waals surface area contributed by atoms with Gasteiger partial charge in [0.2, 0.25) is 0 Å². The summed E-state index contributed by atoms with van der Waals surface area (Å²) in [5.41, 5.74) is -2.23. The maximum absolute atomic E-state index is 14.5. The van der Waals surface area contributed by atoms with E-state index >= 15 is 0 Å². The van der Waals surface area contributed by atoms with Crippen LogP contribution in [0.5, 0.6) is 5.75 Å². The fourth-order valence-corrected chi connectivity index (χ4v) is 2.51. The maximum atomic E-state index is 14.5. The summed E-state index contributed by atoms with van der Waals surface area (Å²) >= 11 is 10.9. The van der Waals surface area contributed by atoms with E-state index in [1.165, 1.54) is 14.1 Å². The van der Waals surface area contributed by atoms with Crippen LogP contribution in [-0.4, -0.2) is 46.0 Å². The number of aromatic nitrogens is 3. The number of carbonyl (C=O) groups excluding carboxylic acids is 2. The van der Waals surface area contributed by atoms with Crippen LogP contribution in [0.15, 0.2) is 21.7 Å². The van der Waals surface area contributed by atoms with Gasteiger partial charge in [0, 0.05) is 20.2 Å². The minimum absolute atomic E-state index is 0.0598. The van der Waals surface area contributed by atoms with Gasteiger partial charge in [0.25, 0.3) is 0 Å². The highest BCUT2D eigenvalue weighted by Gasteiger charge is 2.18. The Morgan fingerprint density at radius 2 is 1.69 bits per heavy atom. The van der Waals surface area contributed by atoms with Crippen LogP contribution in [0.2, 0.25) is 5.02 Å². The van der Waals surface area contributed by atoms with Crippen molar-refractivity contribution in [2.75, 3.05) is 20.3 Å². The van der Waals surface area contributed by atoms with Gasteiger partial charge < -0.3 is 14.2 Å². The van der Waals surface area contributed by atoms with Crippen LogP contribution in [-0.2, 0) is 33.2 Å². The third-order valence-corrected chi connectivity index (χ3v) is 4.54. The second kappa shape index (κ2) is 9.01. The molecule has 1 heterocycles. The smallest absolute Gasteiger partial charge is 0.344 e. The lowest BCUT2D eigenvalue weighted by atomic mass is 10.2. The number of halogens is 2. The molecule has 13 heteroatoms. The zero-order valence-electron chi connectivity index (χ0n) is 15.4. The zero-order chi connectivity index (χ0) is 21.9. The summed E-state index contributed by atoms with van der Waals surface area (Å²) < 4.78 is 31.0. The van der Waals surface area contributed by atoms with E-state index in [1.807, 2.05) is 0 Å². The molecule has 0 saturated heterocycles. The number of nitrogens with zero attached hydrogens (tertiary/aromatic N) is 3. The largest absolute Gasteiger partial charge is 0.480 e. The van der Waals surface area contributed by atoms with E-state index in [-0.39, 0.29) is 15.5 Å². The zero-order valence-corrected chi connectivity index (χ0v) is 17.0. The molecular formula is C16H15ClFN3O7S. The van der Waals surface area contributed by atoms with E-state index in [9.17, 15) is 23.6 Å². The molecule has 0 aliphatic rings. The number of ether oxygens (including phenoxy) is 3. The number of esters is 2. The Hall–Kier alpha value is -2.99. The Kier molecular flexibility index (Phi) is 6.93. The fourth-order valence-electron chi connectivity index (χ4n) is 2.15. The van der Waals surface area contributed by atoms with Gasteiger partial charge in [0.1, 0.15) is 11.6 Å². The number of rotatable bonds is 6. The van der Waals surface area contributed by atoms with Crippen molar-refractivity contribution in [3.8, 4) is 11.4 Å². The highest BCUT2D eigenvalue weighted by molar-refractivity contribution is 7.71. The predicted octanol–water partition coefficient (Wildman–Crippen LogP) is 0.492. The summed E-state index contributed by atoms with van der Waals surface area (Å²) in [4.78, 5) is 47.4. The Bertz CT molecular complexity index is 1110. The van der Waals surface area contributed by atoms with Gasteiger partial charge in [0.15, 0.2) is 18.0 Å². The number of carbonyl (C=O) groups is 2. The van der Waals surface area contributed by atoms with Gasteiger partial charge in [-0.25, -0.2) is 28.1 Å². The van der Waals surface area contributed by atoms with Crippen LogP contribution in [0.3, 0.4) is 0 Å². The molecule has 0 saturated carbocycles. The molecule has 0 bridgehead atoms.